The van der Waals surface area contributed by atoms with E-state index in [-0.39, 0.29) is 17.7 Å². The number of fused-ring (bicyclic) bond motifs is 1. The molecule has 0 radical (unpaired) electrons. The van der Waals surface area contributed by atoms with Crippen LogP contribution in [-0.2, 0) is 21.7 Å². The van der Waals surface area contributed by atoms with Gasteiger partial charge in [0.1, 0.15) is 17.5 Å². The van der Waals surface area contributed by atoms with Crippen molar-refractivity contribution >= 4 is 17.7 Å². The number of amides is 2. The maximum Gasteiger partial charge on any atom is 0.408 e. The first-order valence-corrected chi connectivity index (χ1v) is 11.0. The van der Waals surface area contributed by atoms with E-state index in [1.165, 1.54) is 29.2 Å². The van der Waals surface area contributed by atoms with Crippen molar-refractivity contribution in [3.05, 3.63) is 101 Å². The summed E-state index contributed by atoms with van der Waals surface area (Å²) in [6.07, 6.45) is -0.912. The molecule has 1 N–H and O–H groups in total. The number of rotatable bonds is 5. The summed E-state index contributed by atoms with van der Waals surface area (Å²) >= 11 is 0. The zero-order chi connectivity index (χ0) is 24.5. The number of hydrogen-bond acceptors (Lipinski definition) is 3. The molecule has 1 heterocycles. The molecule has 0 unspecified atom stereocenters. The normalized spacial score (nSPS) is 18.4. The highest BCUT2D eigenvalue weighted by Gasteiger charge is 2.58. The maximum absolute atomic E-state index is 17.1. The summed E-state index contributed by atoms with van der Waals surface area (Å²) in [5, 5.41) is 2.50. The molecule has 0 saturated carbocycles. The van der Waals surface area contributed by atoms with Crippen LogP contribution in [0.2, 0.25) is 0 Å². The number of benzene rings is 3. The summed E-state index contributed by atoms with van der Waals surface area (Å²) in [6.45, 7) is 5.16. The zero-order valence-corrected chi connectivity index (χ0v) is 19.2. The van der Waals surface area contributed by atoms with Gasteiger partial charge in [0.15, 0.2) is 0 Å². The Kier molecular flexibility index (Phi) is 6.13. The highest BCUT2D eigenvalue weighted by molar-refractivity contribution is 6.07. The Morgan fingerprint density at radius 2 is 1.71 bits per heavy atom. The fraction of sp³-hybridized carbons (Fsp3) is 0.259. The molecule has 4 rings (SSSR count). The SMILES string of the molecule is CC(C)(C)OC(=O)N[C@@H](c1cccc(F)c1)[C@]1(F)C(=O)N(Cc2ccccc2)c2ccccc21. The van der Waals surface area contributed by atoms with Crippen LogP contribution in [0.3, 0.4) is 0 Å². The molecular weight excluding hydrogens is 438 g/mol. The number of alkyl halides is 1. The molecular formula is C27H26F2N2O3. The summed E-state index contributed by atoms with van der Waals surface area (Å²) < 4.78 is 36.6. The van der Waals surface area contributed by atoms with Crippen LogP contribution in [0.4, 0.5) is 19.3 Å². The van der Waals surface area contributed by atoms with Gasteiger partial charge in [-0.25, -0.2) is 13.6 Å². The second kappa shape index (κ2) is 8.89. The van der Waals surface area contributed by atoms with Gasteiger partial charge in [0.05, 0.1) is 12.2 Å². The fourth-order valence-corrected chi connectivity index (χ4v) is 4.16. The minimum atomic E-state index is -2.68. The largest absolute Gasteiger partial charge is 0.444 e. The summed E-state index contributed by atoms with van der Waals surface area (Å²) in [5.41, 5.74) is -2.12. The Hall–Kier alpha value is -3.74. The molecule has 2 amide bonds. The number of anilines is 1. The molecule has 7 heteroatoms. The van der Waals surface area contributed by atoms with Crippen LogP contribution in [0.25, 0.3) is 0 Å². The number of alkyl carbamates (subject to hydrolysis) is 1. The Balaban J connectivity index is 1.80. The van der Waals surface area contributed by atoms with Crippen molar-refractivity contribution in [1.82, 2.24) is 5.32 Å². The maximum atomic E-state index is 17.1. The third-order valence-corrected chi connectivity index (χ3v) is 5.57. The molecule has 0 aliphatic carbocycles. The summed E-state index contributed by atoms with van der Waals surface area (Å²) in [4.78, 5) is 27.8. The van der Waals surface area contributed by atoms with Gasteiger partial charge < -0.3 is 15.0 Å². The minimum absolute atomic E-state index is 0.0984. The molecule has 5 nitrogen and oxygen atoms in total. The monoisotopic (exact) mass is 464 g/mol. The Morgan fingerprint density at radius 1 is 1.03 bits per heavy atom. The zero-order valence-electron chi connectivity index (χ0n) is 19.2. The van der Waals surface area contributed by atoms with Crippen molar-refractivity contribution in [3.8, 4) is 0 Å². The van der Waals surface area contributed by atoms with Crippen molar-refractivity contribution in [2.24, 2.45) is 0 Å². The quantitative estimate of drug-likeness (QED) is 0.519. The lowest BCUT2D eigenvalue weighted by Gasteiger charge is -2.32. The van der Waals surface area contributed by atoms with E-state index >= 15 is 4.39 Å². The van der Waals surface area contributed by atoms with Crippen LogP contribution in [0.1, 0.15) is 43.5 Å². The Bertz CT molecular complexity index is 1210. The topological polar surface area (TPSA) is 58.6 Å². The molecule has 0 fully saturated rings. The van der Waals surface area contributed by atoms with Gasteiger partial charge >= 0.3 is 6.09 Å². The van der Waals surface area contributed by atoms with E-state index in [0.29, 0.717) is 5.69 Å². The van der Waals surface area contributed by atoms with Crippen molar-refractivity contribution in [3.63, 3.8) is 0 Å². The number of para-hydroxylation sites is 1. The molecule has 0 spiro atoms. The average Bonchev–Trinajstić information content (AvgIpc) is 3.00. The number of nitrogens with one attached hydrogen (secondary N) is 1. The summed E-state index contributed by atoms with van der Waals surface area (Å²) in [5.74, 6) is -1.46. The van der Waals surface area contributed by atoms with Crippen LogP contribution in [-0.4, -0.2) is 17.6 Å². The second-order valence-corrected chi connectivity index (χ2v) is 9.24. The van der Waals surface area contributed by atoms with Gasteiger partial charge in [-0.2, -0.15) is 0 Å². The van der Waals surface area contributed by atoms with Crippen LogP contribution in [0.15, 0.2) is 78.9 Å². The van der Waals surface area contributed by atoms with Gasteiger partial charge in [0, 0.05) is 5.56 Å². The second-order valence-electron chi connectivity index (χ2n) is 9.24. The van der Waals surface area contributed by atoms with Crippen molar-refractivity contribution in [1.29, 1.82) is 0 Å². The number of nitrogens with zero attached hydrogens (tertiary/aromatic N) is 1. The molecule has 3 aromatic carbocycles. The summed E-state index contributed by atoms with van der Waals surface area (Å²) in [7, 11) is 0. The van der Waals surface area contributed by atoms with Gasteiger partial charge in [-0.15, -0.1) is 0 Å². The highest BCUT2D eigenvalue weighted by Crippen LogP contribution is 2.50. The lowest BCUT2D eigenvalue weighted by atomic mass is 9.85. The number of hydrogen-bond donors (Lipinski definition) is 1. The van der Waals surface area contributed by atoms with E-state index < -0.39 is 35.1 Å². The van der Waals surface area contributed by atoms with E-state index in [0.717, 1.165) is 11.6 Å². The number of carbonyl (C=O) groups excluding carboxylic acids is 2. The van der Waals surface area contributed by atoms with Crippen molar-refractivity contribution in [2.75, 3.05) is 4.90 Å². The molecule has 34 heavy (non-hydrogen) atoms. The Morgan fingerprint density at radius 3 is 2.38 bits per heavy atom. The smallest absolute Gasteiger partial charge is 0.408 e. The van der Waals surface area contributed by atoms with E-state index in [1.54, 1.807) is 39.0 Å². The minimum Gasteiger partial charge on any atom is -0.444 e. The molecule has 1 aliphatic rings. The first kappa shape index (κ1) is 23.4. The predicted octanol–water partition coefficient (Wildman–Crippen LogP) is 5.80. The van der Waals surface area contributed by atoms with Crippen LogP contribution in [0.5, 0.6) is 0 Å². The van der Waals surface area contributed by atoms with Gasteiger partial charge in [0.2, 0.25) is 5.67 Å². The van der Waals surface area contributed by atoms with E-state index in [2.05, 4.69) is 5.32 Å². The van der Waals surface area contributed by atoms with Crippen molar-refractivity contribution < 1.29 is 23.1 Å². The number of halogens is 2. The van der Waals surface area contributed by atoms with E-state index in [4.69, 9.17) is 4.74 Å². The van der Waals surface area contributed by atoms with Crippen molar-refractivity contribution in [2.45, 2.75) is 44.6 Å². The average molecular weight is 465 g/mol. The lowest BCUT2D eigenvalue weighted by molar-refractivity contribution is -0.131. The molecule has 0 aromatic heterocycles. The fourth-order valence-electron chi connectivity index (χ4n) is 4.16. The predicted molar refractivity (Wildman–Crippen MR) is 125 cm³/mol. The first-order valence-electron chi connectivity index (χ1n) is 11.0. The van der Waals surface area contributed by atoms with Crippen LogP contribution >= 0.6 is 0 Å². The summed E-state index contributed by atoms with van der Waals surface area (Å²) in [6, 6.07) is 19.4. The lowest BCUT2D eigenvalue weighted by Crippen LogP contribution is -2.48. The Labute approximate surface area is 197 Å². The molecule has 0 bridgehead atoms. The molecule has 176 valence electrons. The standard InChI is InChI=1S/C27H26F2N2O3/c1-26(2,3)34-25(33)30-23(19-12-9-13-20(28)16-19)27(29)21-14-7-8-15-22(21)31(24(27)32)17-18-10-5-4-6-11-18/h4-16,23H,17H2,1-3H3,(H,30,33)/t23-,27-/m0/s1. The van der Waals surface area contributed by atoms with Gasteiger partial charge in [-0.3, -0.25) is 4.79 Å². The molecule has 1 aliphatic heterocycles. The molecule has 2 atom stereocenters. The van der Waals surface area contributed by atoms with E-state index in [9.17, 15) is 14.0 Å². The van der Waals surface area contributed by atoms with Gasteiger partial charge in [-0.05, 0) is 50.1 Å². The third-order valence-electron chi connectivity index (χ3n) is 5.57. The molecule has 3 aromatic rings. The first-order chi connectivity index (χ1) is 16.1. The van der Waals surface area contributed by atoms with Crippen LogP contribution in [0, 0.1) is 5.82 Å². The van der Waals surface area contributed by atoms with Crippen LogP contribution < -0.4 is 10.2 Å². The highest BCUT2D eigenvalue weighted by atomic mass is 19.1. The van der Waals surface area contributed by atoms with Gasteiger partial charge in [-0.1, -0.05) is 60.7 Å². The molecule has 0 saturated heterocycles. The van der Waals surface area contributed by atoms with E-state index in [1.807, 2.05) is 30.3 Å². The third kappa shape index (κ3) is 4.51. The number of carbonyl (C=O) groups is 2. The number of ether oxygens (including phenoxy) is 1. The van der Waals surface area contributed by atoms with Gasteiger partial charge in [0.25, 0.3) is 5.91 Å².